The summed E-state index contributed by atoms with van der Waals surface area (Å²) >= 11 is 1.33. The van der Waals surface area contributed by atoms with Crippen molar-refractivity contribution in [3.05, 3.63) is 106 Å². The Bertz CT molecular complexity index is 1220. The van der Waals surface area contributed by atoms with E-state index in [0.717, 1.165) is 11.1 Å². The van der Waals surface area contributed by atoms with Crippen LogP contribution in [0.3, 0.4) is 0 Å². The molecule has 1 heterocycles. The number of thioether (sulfide) groups is 1. The van der Waals surface area contributed by atoms with E-state index in [1.54, 1.807) is 24.3 Å². The summed E-state index contributed by atoms with van der Waals surface area (Å²) < 4.78 is 19.3. The van der Waals surface area contributed by atoms with Crippen LogP contribution in [0.4, 0.5) is 10.1 Å². The summed E-state index contributed by atoms with van der Waals surface area (Å²) in [5.74, 6) is 0.641. The van der Waals surface area contributed by atoms with Crippen LogP contribution in [0.1, 0.15) is 5.56 Å². The number of aromatic nitrogens is 2. The smallest absolute Gasteiger partial charge is 0.269 e. The van der Waals surface area contributed by atoms with Gasteiger partial charge in [0.25, 0.3) is 5.69 Å². The van der Waals surface area contributed by atoms with Crippen LogP contribution in [0, 0.1) is 15.9 Å². The van der Waals surface area contributed by atoms with Crippen molar-refractivity contribution in [2.75, 3.05) is 0 Å². The summed E-state index contributed by atoms with van der Waals surface area (Å²) in [6.07, 6.45) is 0. The van der Waals surface area contributed by atoms with Crippen molar-refractivity contribution in [3.8, 4) is 22.9 Å². The monoisotopic (exact) mass is 433 g/mol. The number of halogens is 1. The molecule has 4 rings (SSSR count). The molecule has 0 radical (unpaired) electrons. The van der Waals surface area contributed by atoms with Crippen molar-refractivity contribution < 1.29 is 14.1 Å². The highest BCUT2D eigenvalue weighted by Gasteiger charge is 2.11. The van der Waals surface area contributed by atoms with Gasteiger partial charge in [-0.1, -0.05) is 60.3 Å². The molecule has 0 amide bonds. The highest BCUT2D eigenvalue weighted by atomic mass is 32.2. The van der Waals surface area contributed by atoms with Gasteiger partial charge in [-0.3, -0.25) is 10.1 Å². The van der Waals surface area contributed by atoms with Gasteiger partial charge in [0.05, 0.1) is 10.6 Å². The molecule has 4 aromatic rings. The lowest BCUT2D eigenvalue weighted by molar-refractivity contribution is -0.384. The number of hydrogen-bond donors (Lipinski definition) is 0. The summed E-state index contributed by atoms with van der Waals surface area (Å²) in [5, 5.41) is 11.4. The summed E-state index contributed by atoms with van der Waals surface area (Å²) in [6.45, 7) is 0. The third-order valence-corrected chi connectivity index (χ3v) is 5.18. The van der Waals surface area contributed by atoms with E-state index in [4.69, 9.17) is 4.74 Å². The molecule has 6 nitrogen and oxygen atoms in total. The lowest BCUT2D eigenvalue weighted by Gasteiger charge is -2.10. The Kier molecular flexibility index (Phi) is 6.18. The molecule has 3 aromatic carbocycles. The average Bonchev–Trinajstić information content (AvgIpc) is 2.78. The first-order chi connectivity index (χ1) is 15.1. The number of nitro groups is 1. The Labute approximate surface area is 181 Å². The normalized spacial score (nSPS) is 10.6. The second-order valence-corrected chi connectivity index (χ2v) is 7.46. The van der Waals surface area contributed by atoms with Crippen molar-refractivity contribution in [1.82, 2.24) is 9.97 Å². The zero-order valence-electron chi connectivity index (χ0n) is 16.1. The minimum atomic E-state index is -0.425. The van der Waals surface area contributed by atoms with Crippen LogP contribution >= 0.6 is 11.8 Å². The van der Waals surface area contributed by atoms with Gasteiger partial charge in [-0.25, -0.2) is 9.37 Å². The molecule has 154 valence electrons. The maximum atomic E-state index is 13.5. The molecule has 0 N–H and O–H groups in total. The summed E-state index contributed by atoms with van der Waals surface area (Å²) in [5.41, 5.74) is 2.35. The lowest BCUT2D eigenvalue weighted by atomic mass is 10.1. The van der Waals surface area contributed by atoms with Crippen molar-refractivity contribution in [2.24, 2.45) is 0 Å². The van der Waals surface area contributed by atoms with Gasteiger partial charge in [-0.15, -0.1) is 0 Å². The highest BCUT2D eigenvalue weighted by Crippen LogP contribution is 2.29. The largest absolute Gasteiger partial charge is 0.439 e. The third-order valence-electron chi connectivity index (χ3n) is 4.26. The Hall–Kier alpha value is -3.78. The SMILES string of the molecule is O=[N+]([O-])c1cccc(CSc2nc(Oc3cccc(F)c3)cc(-c3ccccc3)n2)c1. The zero-order valence-corrected chi connectivity index (χ0v) is 17.0. The number of benzene rings is 3. The quantitative estimate of drug-likeness (QED) is 0.148. The van der Waals surface area contributed by atoms with E-state index in [9.17, 15) is 14.5 Å². The lowest BCUT2D eigenvalue weighted by Crippen LogP contribution is -1.96. The molecule has 0 saturated carbocycles. The molecule has 1 aromatic heterocycles. The zero-order chi connectivity index (χ0) is 21.6. The molecule has 0 aliphatic rings. The molecule has 0 aliphatic heterocycles. The van der Waals surface area contributed by atoms with Gasteiger partial charge in [0.2, 0.25) is 5.88 Å². The summed E-state index contributed by atoms with van der Waals surface area (Å²) in [7, 11) is 0. The van der Waals surface area contributed by atoms with Gasteiger partial charge in [-0.2, -0.15) is 4.98 Å². The molecule has 31 heavy (non-hydrogen) atoms. The molecular formula is C23H16FN3O3S. The average molecular weight is 433 g/mol. The number of nitro benzene ring substituents is 1. The molecular weight excluding hydrogens is 417 g/mol. The third kappa shape index (κ3) is 5.43. The Morgan fingerprint density at radius 3 is 2.52 bits per heavy atom. The van der Waals surface area contributed by atoms with Crippen molar-refractivity contribution in [3.63, 3.8) is 0 Å². The van der Waals surface area contributed by atoms with E-state index in [1.807, 2.05) is 36.4 Å². The van der Waals surface area contributed by atoms with E-state index in [1.165, 1.54) is 36.0 Å². The molecule has 0 aliphatic carbocycles. The molecule has 0 atom stereocenters. The predicted octanol–water partition coefficient (Wildman–Crippen LogP) is 6.28. The fourth-order valence-electron chi connectivity index (χ4n) is 2.84. The van der Waals surface area contributed by atoms with Gasteiger partial charge < -0.3 is 4.74 Å². The standard InChI is InChI=1S/C23H16FN3O3S/c24-18-9-5-11-20(13-18)30-22-14-21(17-7-2-1-3-8-17)25-23(26-22)31-15-16-6-4-10-19(12-16)27(28)29/h1-14H,15H2. The van der Waals surface area contributed by atoms with E-state index in [2.05, 4.69) is 9.97 Å². The highest BCUT2D eigenvalue weighted by molar-refractivity contribution is 7.98. The minimum Gasteiger partial charge on any atom is -0.439 e. The van der Waals surface area contributed by atoms with Gasteiger partial charge in [0.1, 0.15) is 11.6 Å². The van der Waals surface area contributed by atoms with Gasteiger partial charge in [0.15, 0.2) is 5.16 Å². The molecule has 0 unspecified atom stereocenters. The molecule has 0 fully saturated rings. The first-order valence-corrected chi connectivity index (χ1v) is 10.3. The van der Waals surface area contributed by atoms with Gasteiger partial charge in [-0.05, 0) is 17.7 Å². The molecule has 0 saturated heterocycles. The van der Waals surface area contributed by atoms with Crippen LogP contribution in [0.15, 0.2) is 90.1 Å². The first-order valence-electron chi connectivity index (χ1n) is 9.31. The molecule has 0 bridgehead atoms. The fourth-order valence-corrected chi connectivity index (χ4v) is 3.63. The Balaban J connectivity index is 1.63. The van der Waals surface area contributed by atoms with Crippen molar-refractivity contribution in [2.45, 2.75) is 10.9 Å². The first kappa shape index (κ1) is 20.5. The fraction of sp³-hybridized carbons (Fsp3) is 0.0435. The number of rotatable bonds is 7. The molecule has 8 heteroatoms. The second-order valence-electron chi connectivity index (χ2n) is 6.52. The number of hydrogen-bond acceptors (Lipinski definition) is 6. The van der Waals surface area contributed by atoms with Gasteiger partial charge >= 0.3 is 0 Å². The van der Waals surface area contributed by atoms with E-state index >= 15 is 0 Å². The van der Waals surface area contributed by atoms with Crippen LogP contribution in [-0.2, 0) is 5.75 Å². The van der Waals surface area contributed by atoms with Crippen LogP contribution in [-0.4, -0.2) is 14.9 Å². The number of non-ortho nitro benzene ring substituents is 1. The Morgan fingerprint density at radius 2 is 1.74 bits per heavy atom. The van der Waals surface area contributed by atoms with Crippen molar-refractivity contribution in [1.29, 1.82) is 0 Å². The van der Waals surface area contributed by atoms with Crippen LogP contribution in [0.5, 0.6) is 11.6 Å². The van der Waals surface area contributed by atoms with E-state index in [0.29, 0.717) is 22.4 Å². The van der Waals surface area contributed by atoms with Crippen LogP contribution in [0.25, 0.3) is 11.3 Å². The summed E-state index contributed by atoms with van der Waals surface area (Å²) in [6, 6.07) is 23.5. The van der Waals surface area contributed by atoms with Crippen molar-refractivity contribution >= 4 is 17.4 Å². The number of ether oxygens (including phenoxy) is 1. The van der Waals surface area contributed by atoms with Crippen LogP contribution in [0.2, 0.25) is 0 Å². The topological polar surface area (TPSA) is 78.2 Å². The Morgan fingerprint density at radius 1 is 0.935 bits per heavy atom. The molecule has 0 spiro atoms. The predicted molar refractivity (Wildman–Crippen MR) is 117 cm³/mol. The van der Waals surface area contributed by atoms with Gasteiger partial charge in [0, 0.05) is 35.6 Å². The maximum Gasteiger partial charge on any atom is 0.269 e. The summed E-state index contributed by atoms with van der Waals surface area (Å²) in [4.78, 5) is 19.6. The van der Waals surface area contributed by atoms with E-state index < -0.39 is 10.7 Å². The van der Waals surface area contributed by atoms with Crippen LogP contribution < -0.4 is 4.74 Å². The second kappa shape index (κ2) is 9.36. The maximum absolute atomic E-state index is 13.5. The minimum absolute atomic E-state index is 0.0344. The van der Waals surface area contributed by atoms with E-state index in [-0.39, 0.29) is 11.6 Å². The number of nitrogens with zero attached hydrogens (tertiary/aromatic N) is 3.